The van der Waals surface area contributed by atoms with E-state index in [0.717, 1.165) is 25.7 Å². The SMILES string of the molecule is CN(C)CCOc1nc2c(cc1C(=O)N[C@H]1CC[C@H](C)CC1)nc(Nc1c(Cl)cc(F)cc1Cl)n2C. The molecule has 2 aromatic heterocycles. The summed E-state index contributed by atoms with van der Waals surface area (Å²) in [5.41, 5.74) is 1.67. The third-order valence-corrected chi connectivity index (χ3v) is 7.02. The van der Waals surface area contributed by atoms with Crippen LogP contribution in [0.15, 0.2) is 18.2 Å². The number of amides is 1. The van der Waals surface area contributed by atoms with Gasteiger partial charge >= 0.3 is 0 Å². The maximum atomic E-state index is 13.6. The van der Waals surface area contributed by atoms with Crippen molar-refractivity contribution in [2.45, 2.75) is 38.6 Å². The number of aromatic nitrogens is 3. The van der Waals surface area contributed by atoms with Crippen LogP contribution < -0.4 is 15.4 Å². The molecule has 0 radical (unpaired) electrons. The summed E-state index contributed by atoms with van der Waals surface area (Å²) >= 11 is 12.4. The number of carbonyl (C=O) groups excluding carboxylic acids is 1. The standard InChI is InChI=1S/C25H31Cl2FN6O2/c1-14-5-7-16(8-6-14)29-23(35)17-13-20-22(32-24(17)36-10-9-33(2)3)34(4)25(30-20)31-21-18(26)11-15(28)12-19(21)27/h11-14,16H,5-10H2,1-4H3,(H,29,35)(H,30,31)/t14-,16-. The van der Waals surface area contributed by atoms with Gasteiger partial charge in [-0.2, -0.15) is 4.98 Å². The lowest BCUT2D eigenvalue weighted by molar-refractivity contribution is 0.0917. The first-order chi connectivity index (χ1) is 17.1. The van der Waals surface area contributed by atoms with Gasteiger partial charge in [0.25, 0.3) is 5.91 Å². The predicted octanol–water partition coefficient (Wildman–Crippen LogP) is 5.41. The zero-order valence-corrected chi connectivity index (χ0v) is 22.4. The van der Waals surface area contributed by atoms with E-state index in [0.29, 0.717) is 47.4 Å². The van der Waals surface area contributed by atoms with E-state index in [1.165, 1.54) is 12.1 Å². The third-order valence-electron chi connectivity index (χ3n) is 6.43. The molecule has 1 aliphatic rings. The smallest absolute Gasteiger partial charge is 0.257 e. The molecule has 0 atom stereocenters. The van der Waals surface area contributed by atoms with Crippen molar-refractivity contribution in [1.29, 1.82) is 0 Å². The summed E-state index contributed by atoms with van der Waals surface area (Å²) in [6.45, 7) is 3.28. The molecule has 0 spiro atoms. The zero-order chi connectivity index (χ0) is 26.0. The van der Waals surface area contributed by atoms with Gasteiger partial charge in [0, 0.05) is 19.6 Å². The van der Waals surface area contributed by atoms with Gasteiger partial charge < -0.3 is 20.3 Å². The molecular formula is C25H31Cl2FN6O2. The fraction of sp³-hybridized carbons (Fsp3) is 0.480. The molecule has 4 rings (SSSR count). The van der Waals surface area contributed by atoms with Crippen LogP contribution >= 0.6 is 23.2 Å². The molecule has 11 heteroatoms. The molecule has 1 aliphatic carbocycles. The molecule has 0 unspecified atom stereocenters. The number of rotatable bonds is 8. The Hall–Kier alpha value is -2.62. The number of benzene rings is 1. The fourth-order valence-electron chi connectivity index (χ4n) is 4.25. The largest absolute Gasteiger partial charge is 0.476 e. The molecular weight excluding hydrogens is 506 g/mol. The summed E-state index contributed by atoms with van der Waals surface area (Å²) in [5, 5.41) is 6.45. The molecule has 3 aromatic rings. The lowest BCUT2D eigenvalue weighted by Gasteiger charge is -2.27. The Bertz CT molecular complexity index is 1230. The second kappa shape index (κ2) is 11.2. The number of hydrogen-bond acceptors (Lipinski definition) is 6. The van der Waals surface area contributed by atoms with E-state index in [1.807, 2.05) is 19.0 Å². The zero-order valence-electron chi connectivity index (χ0n) is 20.9. The number of anilines is 2. The Kier molecular flexibility index (Phi) is 8.22. The average molecular weight is 537 g/mol. The predicted molar refractivity (Wildman–Crippen MR) is 141 cm³/mol. The van der Waals surface area contributed by atoms with E-state index in [2.05, 4.69) is 27.5 Å². The summed E-state index contributed by atoms with van der Waals surface area (Å²) in [4.78, 5) is 24.5. The Morgan fingerprint density at radius 1 is 1.17 bits per heavy atom. The van der Waals surface area contributed by atoms with Gasteiger partial charge in [0.2, 0.25) is 11.8 Å². The molecule has 0 saturated heterocycles. The van der Waals surface area contributed by atoms with E-state index in [9.17, 15) is 9.18 Å². The Labute approximate surface area is 220 Å². The van der Waals surface area contributed by atoms with Crippen LogP contribution in [0.3, 0.4) is 0 Å². The molecule has 8 nitrogen and oxygen atoms in total. The number of aryl methyl sites for hydroxylation is 1. The van der Waals surface area contributed by atoms with Crippen LogP contribution in [0.25, 0.3) is 11.2 Å². The molecule has 2 heterocycles. The maximum Gasteiger partial charge on any atom is 0.257 e. The van der Waals surface area contributed by atoms with Crippen LogP contribution in [0.2, 0.25) is 10.0 Å². The summed E-state index contributed by atoms with van der Waals surface area (Å²) in [7, 11) is 5.66. The van der Waals surface area contributed by atoms with Crippen LogP contribution in [-0.2, 0) is 7.05 Å². The number of ether oxygens (including phenoxy) is 1. The highest BCUT2D eigenvalue weighted by Gasteiger charge is 2.24. The minimum atomic E-state index is -0.537. The van der Waals surface area contributed by atoms with Crippen LogP contribution in [0.4, 0.5) is 16.0 Å². The van der Waals surface area contributed by atoms with Crippen molar-refractivity contribution in [2.24, 2.45) is 13.0 Å². The molecule has 0 aliphatic heterocycles. The lowest BCUT2D eigenvalue weighted by Crippen LogP contribution is -2.37. The van der Waals surface area contributed by atoms with E-state index < -0.39 is 5.82 Å². The van der Waals surface area contributed by atoms with Crippen molar-refractivity contribution >= 4 is 51.9 Å². The molecule has 0 bridgehead atoms. The number of fused-ring (bicyclic) bond motifs is 1. The number of nitrogens with one attached hydrogen (secondary N) is 2. The Morgan fingerprint density at radius 3 is 2.47 bits per heavy atom. The number of carbonyl (C=O) groups is 1. The highest BCUT2D eigenvalue weighted by atomic mass is 35.5. The van der Waals surface area contributed by atoms with Crippen LogP contribution in [0, 0.1) is 11.7 Å². The van der Waals surface area contributed by atoms with Crippen LogP contribution in [0.1, 0.15) is 43.0 Å². The second-order valence-electron chi connectivity index (χ2n) is 9.63. The fourth-order valence-corrected chi connectivity index (χ4v) is 4.80. The van der Waals surface area contributed by atoms with E-state index in [1.54, 1.807) is 17.7 Å². The third kappa shape index (κ3) is 6.02. The molecule has 194 valence electrons. The quantitative estimate of drug-likeness (QED) is 0.400. The number of likely N-dealkylation sites (N-methyl/N-ethyl adjacent to an activating group) is 1. The van der Waals surface area contributed by atoms with Crippen LogP contribution in [-0.4, -0.2) is 58.6 Å². The number of hydrogen-bond donors (Lipinski definition) is 2. The Morgan fingerprint density at radius 2 is 1.83 bits per heavy atom. The molecule has 1 saturated carbocycles. The van der Waals surface area contributed by atoms with Gasteiger partial charge in [0.05, 0.1) is 15.7 Å². The van der Waals surface area contributed by atoms with E-state index in [4.69, 9.17) is 27.9 Å². The monoisotopic (exact) mass is 536 g/mol. The normalized spacial score (nSPS) is 18.0. The van der Waals surface area contributed by atoms with Gasteiger partial charge in [-0.3, -0.25) is 9.36 Å². The molecule has 1 fully saturated rings. The van der Waals surface area contributed by atoms with Crippen molar-refractivity contribution in [3.8, 4) is 5.88 Å². The van der Waals surface area contributed by atoms with Gasteiger partial charge in [-0.15, -0.1) is 0 Å². The number of nitrogens with zero attached hydrogens (tertiary/aromatic N) is 4. The molecule has 1 aromatic carbocycles. The first kappa shape index (κ1) is 26.4. The second-order valence-corrected chi connectivity index (χ2v) is 10.4. The van der Waals surface area contributed by atoms with Gasteiger partial charge in [-0.05, 0) is 63.9 Å². The highest BCUT2D eigenvalue weighted by Crippen LogP contribution is 2.34. The topological polar surface area (TPSA) is 84.3 Å². The summed E-state index contributed by atoms with van der Waals surface area (Å²) in [5.74, 6) is 0.548. The van der Waals surface area contributed by atoms with Crippen molar-refractivity contribution in [1.82, 2.24) is 24.8 Å². The van der Waals surface area contributed by atoms with Crippen molar-refractivity contribution < 1.29 is 13.9 Å². The number of imidazole rings is 1. The van der Waals surface area contributed by atoms with Crippen molar-refractivity contribution in [2.75, 3.05) is 32.6 Å². The molecule has 2 N–H and O–H groups in total. The van der Waals surface area contributed by atoms with Crippen molar-refractivity contribution in [3.05, 3.63) is 39.6 Å². The van der Waals surface area contributed by atoms with E-state index >= 15 is 0 Å². The van der Waals surface area contributed by atoms with Gasteiger partial charge in [0.15, 0.2) is 5.65 Å². The summed E-state index contributed by atoms with van der Waals surface area (Å²) in [6, 6.07) is 4.15. The maximum absolute atomic E-state index is 13.6. The molecule has 36 heavy (non-hydrogen) atoms. The Balaban J connectivity index is 1.67. The summed E-state index contributed by atoms with van der Waals surface area (Å²) < 4.78 is 21.3. The number of halogens is 3. The molecule has 1 amide bonds. The van der Waals surface area contributed by atoms with Gasteiger partial charge in [-0.1, -0.05) is 30.1 Å². The summed E-state index contributed by atoms with van der Waals surface area (Å²) in [6.07, 6.45) is 4.10. The van der Waals surface area contributed by atoms with Gasteiger partial charge in [-0.25, -0.2) is 9.37 Å². The minimum absolute atomic E-state index is 0.120. The lowest BCUT2D eigenvalue weighted by atomic mass is 9.87. The van der Waals surface area contributed by atoms with Crippen molar-refractivity contribution in [3.63, 3.8) is 0 Å². The first-order valence-electron chi connectivity index (χ1n) is 12.0. The highest BCUT2D eigenvalue weighted by molar-refractivity contribution is 6.39. The van der Waals surface area contributed by atoms with Gasteiger partial charge in [0.1, 0.15) is 23.5 Å². The first-order valence-corrected chi connectivity index (χ1v) is 12.8. The minimum Gasteiger partial charge on any atom is -0.476 e. The number of pyridine rings is 1. The van der Waals surface area contributed by atoms with E-state index in [-0.39, 0.29) is 27.9 Å². The van der Waals surface area contributed by atoms with Crippen LogP contribution in [0.5, 0.6) is 5.88 Å². The average Bonchev–Trinajstić information content (AvgIpc) is 3.11.